The number of aliphatic hydroxyl groups excluding tert-OH is 1. The topological polar surface area (TPSA) is 42.4 Å². The molecule has 0 aliphatic carbocycles. The second-order valence-corrected chi connectivity index (χ2v) is 5.94. The number of nitrogens with zero attached hydrogens (tertiary/aromatic N) is 1. The van der Waals surface area contributed by atoms with Crippen molar-refractivity contribution in [2.24, 2.45) is 0 Å². The maximum Gasteiger partial charge on any atom is 0.138 e. The molecular formula is C16H18FNO2S. The minimum Gasteiger partial charge on any atom is -0.489 e. The predicted octanol–water partition coefficient (Wildman–Crippen LogP) is 3.83. The molecule has 0 bridgehead atoms. The Morgan fingerprint density at radius 3 is 2.76 bits per heavy atom. The molecule has 0 saturated heterocycles. The standard InChI is InChI=1S/C16H18FNO2S/c1-11(2)20-13-7-12(8-18-9-13)15(19)10-21-16-6-4-3-5-14(16)17/h3-9,11,15,19H,10H2,1-2H3. The van der Waals surface area contributed by atoms with Gasteiger partial charge in [-0.15, -0.1) is 11.8 Å². The van der Waals surface area contributed by atoms with E-state index in [-0.39, 0.29) is 11.9 Å². The van der Waals surface area contributed by atoms with Crippen molar-refractivity contribution in [1.82, 2.24) is 4.98 Å². The number of rotatable bonds is 6. The second-order valence-electron chi connectivity index (χ2n) is 4.88. The van der Waals surface area contributed by atoms with E-state index in [1.54, 1.807) is 36.7 Å². The Balaban J connectivity index is 2.00. The van der Waals surface area contributed by atoms with E-state index in [1.807, 2.05) is 13.8 Å². The van der Waals surface area contributed by atoms with Crippen LogP contribution >= 0.6 is 11.8 Å². The predicted molar refractivity (Wildman–Crippen MR) is 82.1 cm³/mol. The van der Waals surface area contributed by atoms with Gasteiger partial charge in [0.15, 0.2) is 0 Å². The van der Waals surface area contributed by atoms with Crippen molar-refractivity contribution in [3.63, 3.8) is 0 Å². The molecule has 0 amide bonds. The Kier molecular flexibility index (Phi) is 5.59. The number of hydrogen-bond donors (Lipinski definition) is 1. The van der Waals surface area contributed by atoms with Crippen LogP contribution in [0.15, 0.2) is 47.6 Å². The summed E-state index contributed by atoms with van der Waals surface area (Å²) >= 11 is 1.28. The van der Waals surface area contributed by atoms with Crippen molar-refractivity contribution in [2.75, 3.05) is 5.75 Å². The number of aromatic nitrogens is 1. The molecule has 2 aromatic rings. The Hall–Kier alpha value is -1.59. The van der Waals surface area contributed by atoms with Crippen molar-refractivity contribution in [3.05, 3.63) is 54.1 Å². The molecule has 1 aromatic carbocycles. The van der Waals surface area contributed by atoms with Crippen LogP contribution in [-0.4, -0.2) is 21.9 Å². The van der Waals surface area contributed by atoms with Crippen molar-refractivity contribution >= 4 is 11.8 Å². The SMILES string of the molecule is CC(C)Oc1cncc(C(O)CSc2ccccc2F)c1. The van der Waals surface area contributed by atoms with Gasteiger partial charge in [0.25, 0.3) is 0 Å². The van der Waals surface area contributed by atoms with Crippen LogP contribution in [-0.2, 0) is 0 Å². The van der Waals surface area contributed by atoms with E-state index >= 15 is 0 Å². The molecule has 1 aromatic heterocycles. The highest BCUT2D eigenvalue weighted by Crippen LogP contribution is 2.27. The van der Waals surface area contributed by atoms with E-state index in [4.69, 9.17) is 4.74 Å². The molecule has 0 aliphatic heterocycles. The lowest BCUT2D eigenvalue weighted by atomic mass is 10.2. The fourth-order valence-electron chi connectivity index (χ4n) is 1.78. The van der Waals surface area contributed by atoms with Crippen molar-refractivity contribution < 1.29 is 14.2 Å². The number of thioether (sulfide) groups is 1. The first-order valence-electron chi connectivity index (χ1n) is 6.73. The molecule has 0 fully saturated rings. The van der Waals surface area contributed by atoms with Crippen molar-refractivity contribution in [1.29, 1.82) is 0 Å². The van der Waals surface area contributed by atoms with Crippen LogP contribution < -0.4 is 4.74 Å². The lowest BCUT2D eigenvalue weighted by Gasteiger charge is -2.14. The molecule has 0 radical (unpaired) electrons. The van der Waals surface area contributed by atoms with Gasteiger partial charge in [0.2, 0.25) is 0 Å². The van der Waals surface area contributed by atoms with E-state index in [2.05, 4.69) is 4.98 Å². The lowest BCUT2D eigenvalue weighted by molar-refractivity contribution is 0.201. The molecule has 1 unspecified atom stereocenters. The first kappa shape index (κ1) is 15.8. The van der Waals surface area contributed by atoms with E-state index in [9.17, 15) is 9.50 Å². The summed E-state index contributed by atoms with van der Waals surface area (Å²) in [5.74, 6) is 0.704. The highest BCUT2D eigenvalue weighted by Gasteiger charge is 2.12. The van der Waals surface area contributed by atoms with E-state index in [0.717, 1.165) is 0 Å². The zero-order valence-electron chi connectivity index (χ0n) is 12.0. The molecule has 0 aliphatic rings. The molecular weight excluding hydrogens is 289 g/mol. The first-order chi connectivity index (χ1) is 10.1. The summed E-state index contributed by atoms with van der Waals surface area (Å²) in [5, 5.41) is 10.2. The van der Waals surface area contributed by atoms with Gasteiger partial charge in [0.1, 0.15) is 11.6 Å². The highest BCUT2D eigenvalue weighted by atomic mass is 32.2. The van der Waals surface area contributed by atoms with Gasteiger partial charge in [-0.3, -0.25) is 4.98 Å². The Morgan fingerprint density at radius 1 is 1.29 bits per heavy atom. The molecule has 0 spiro atoms. The monoisotopic (exact) mass is 307 g/mol. The van der Waals surface area contributed by atoms with Gasteiger partial charge in [-0.25, -0.2) is 4.39 Å². The van der Waals surface area contributed by atoms with Crippen LogP contribution in [0.5, 0.6) is 5.75 Å². The molecule has 0 saturated carbocycles. The minimum atomic E-state index is -0.724. The molecule has 5 heteroatoms. The number of hydrogen-bond acceptors (Lipinski definition) is 4. The second kappa shape index (κ2) is 7.43. The molecule has 1 heterocycles. The van der Waals surface area contributed by atoms with Gasteiger partial charge in [-0.2, -0.15) is 0 Å². The molecule has 2 rings (SSSR count). The van der Waals surface area contributed by atoms with Crippen LogP contribution in [0.3, 0.4) is 0 Å². The third kappa shape index (κ3) is 4.72. The Bertz CT molecular complexity index is 592. The van der Waals surface area contributed by atoms with Crippen LogP contribution in [0.2, 0.25) is 0 Å². The molecule has 1 atom stereocenters. The Labute approximate surface area is 128 Å². The third-order valence-electron chi connectivity index (χ3n) is 2.72. The minimum absolute atomic E-state index is 0.0481. The van der Waals surface area contributed by atoms with Crippen LogP contribution in [0, 0.1) is 5.82 Å². The lowest BCUT2D eigenvalue weighted by Crippen LogP contribution is -2.07. The summed E-state index contributed by atoms with van der Waals surface area (Å²) in [4.78, 5) is 4.59. The summed E-state index contributed by atoms with van der Waals surface area (Å²) < 4.78 is 19.1. The highest BCUT2D eigenvalue weighted by molar-refractivity contribution is 7.99. The summed E-state index contributed by atoms with van der Waals surface area (Å²) in [7, 11) is 0. The summed E-state index contributed by atoms with van der Waals surface area (Å²) in [6.07, 6.45) is 2.53. The first-order valence-corrected chi connectivity index (χ1v) is 7.72. The summed E-state index contributed by atoms with van der Waals surface area (Å²) in [6.45, 7) is 3.86. The van der Waals surface area contributed by atoms with Crippen LogP contribution in [0.25, 0.3) is 0 Å². The number of ether oxygens (including phenoxy) is 1. The van der Waals surface area contributed by atoms with Crippen LogP contribution in [0.1, 0.15) is 25.5 Å². The van der Waals surface area contributed by atoms with E-state index in [1.165, 1.54) is 17.8 Å². The van der Waals surface area contributed by atoms with E-state index < -0.39 is 6.10 Å². The zero-order valence-corrected chi connectivity index (χ0v) is 12.8. The van der Waals surface area contributed by atoms with Gasteiger partial charge >= 0.3 is 0 Å². The molecule has 21 heavy (non-hydrogen) atoms. The average Bonchev–Trinajstić information content (AvgIpc) is 2.45. The fraction of sp³-hybridized carbons (Fsp3) is 0.312. The van der Waals surface area contributed by atoms with Gasteiger partial charge < -0.3 is 9.84 Å². The molecule has 112 valence electrons. The number of pyridine rings is 1. The fourth-order valence-corrected chi connectivity index (χ4v) is 2.69. The zero-order chi connectivity index (χ0) is 15.2. The normalized spacial score (nSPS) is 12.4. The van der Waals surface area contributed by atoms with Gasteiger partial charge in [0.05, 0.1) is 18.4 Å². The molecule has 1 N–H and O–H groups in total. The quantitative estimate of drug-likeness (QED) is 0.824. The van der Waals surface area contributed by atoms with Gasteiger partial charge in [-0.1, -0.05) is 12.1 Å². The smallest absolute Gasteiger partial charge is 0.138 e. The van der Waals surface area contributed by atoms with Crippen molar-refractivity contribution in [3.8, 4) is 5.75 Å². The summed E-state index contributed by atoms with van der Waals surface area (Å²) in [6, 6.07) is 8.29. The van der Waals surface area contributed by atoms with Crippen molar-refractivity contribution in [2.45, 2.75) is 31.0 Å². The summed E-state index contributed by atoms with van der Waals surface area (Å²) in [5.41, 5.74) is 0.664. The maximum atomic E-state index is 13.5. The number of benzene rings is 1. The Morgan fingerprint density at radius 2 is 2.05 bits per heavy atom. The molecule has 3 nitrogen and oxygen atoms in total. The van der Waals surface area contributed by atoms with E-state index in [0.29, 0.717) is 22.0 Å². The van der Waals surface area contributed by atoms with Gasteiger partial charge in [0, 0.05) is 22.4 Å². The third-order valence-corrected chi connectivity index (χ3v) is 3.85. The maximum absolute atomic E-state index is 13.5. The average molecular weight is 307 g/mol. The number of halogens is 1. The van der Waals surface area contributed by atoms with Gasteiger partial charge in [-0.05, 0) is 32.0 Å². The largest absolute Gasteiger partial charge is 0.489 e. The number of aliphatic hydroxyl groups is 1. The van der Waals surface area contributed by atoms with Crippen LogP contribution in [0.4, 0.5) is 4.39 Å².